The van der Waals surface area contributed by atoms with Crippen LogP contribution < -0.4 is 14.8 Å². The van der Waals surface area contributed by atoms with E-state index in [4.69, 9.17) is 9.47 Å². The number of rotatable bonds is 7. The number of carboxylic acid groups (broad SMARTS) is 1. The minimum atomic E-state index is -1.14. The molecule has 0 bridgehead atoms. The number of hydrogen-bond acceptors (Lipinski definition) is 5. The van der Waals surface area contributed by atoms with E-state index in [1.165, 1.54) is 20.1 Å². The standard InChI is InChI=1S/C19H19NO6/c1-12(21)20-15(18(22)23)10-13-8-9-16(17(11-13)25-2)26-19(24)14-6-4-3-5-7-14/h3-9,11,15H,10H2,1-2H3,(H,20,21)(H,22,23)/t15-/m0/s1. The highest BCUT2D eigenvalue weighted by molar-refractivity contribution is 5.91. The van der Waals surface area contributed by atoms with Gasteiger partial charge < -0.3 is 19.9 Å². The lowest BCUT2D eigenvalue weighted by atomic mass is 10.1. The van der Waals surface area contributed by atoms with Crippen molar-refractivity contribution in [1.82, 2.24) is 5.32 Å². The Morgan fingerprint density at radius 2 is 1.77 bits per heavy atom. The summed E-state index contributed by atoms with van der Waals surface area (Å²) in [4.78, 5) is 34.5. The van der Waals surface area contributed by atoms with Gasteiger partial charge in [-0.25, -0.2) is 9.59 Å². The van der Waals surface area contributed by atoms with Crippen LogP contribution in [-0.4, -0.2) is 36.1 Å². The van der Waals surface area contributed by atoms with E-state index < -0.39 is 23.9 Å². The molecule has 0 spiro atoms. The van der Waals surface area contributed by atoms with Gasteiger partial charge in [0.05, 0.1) is 12.7 Å². The summed E-state index contributed by atoms with van der Waals surface area (Å²) < 4.78 is 10.6. The van der Waals surface area contributed by atoms with E-state index >= 15 is 0 Å². The Labute approximate surface area is 150 Å². The van der Waals surface area contributed by atoms with Crippen molar-refractivity contribution in [3.8, 4) is 11.5 Å². The van der Waals surface area contributed by atoms with Crippen LogP contribution in [0.5, 0.6) is 11.5 Å². The van der Waals surface area contributed by atoms with Gasteiger partial charge in [0.1, 0.15) is 6.04 Å². The Kier molecular flexibility index (Phi) is 6.32. The van der Waals surface area contributed by atoms with E-state index in [0.29, 0.717) is 16.9 Å². The van der Waals surface area contributed by atoms with Gasteiger partial charge in [-0.15, -0.1) is 0 Å². The Bertz CT molecular complexity index is 803. The van der Waals surface area contributed by atoms with Crippen LogP contribution in [0, 0.1) is 0 Å². The van der Waals surface area contributed by atoms with E-state index in [2.05, 4.69) is 5.32 Å². The molecular formula is C19H19NO6. The zero-order valence-corrected chi connectivity index (χ0v) is 14.4. The van der Waals surface area contributed by atoms with Crippen LogP contribution in [0.1, 0.15) is 22.8 Å². The van der Waals surface area contributed by atoms with E-state index in [-0.39, 0.29) is 12.2 Å². The monoisotopic (exact) mass is 357 g/mol. The van der Waals surface area contributed by atoms with Gasteiger partial charge in [-0.3, -0.25) is 4.79 Å². The Morgan fingerprint density at radius 1 is 1.08 bits per heavy atom. The third-order valence-electron chi connectivity index (χ3n) is 3.56. The molecule has 1 amide bonds. The fraction of sp³-hybridized carbons (Fsp3) is 0.211. The summed E-state index contributed by atoms with van der Waals surface area (Å²) >= 11 is 0. The van der Waals surface area contributed by atoms with Crippen molar-refractivity contribution in [3.63, 3.8) is 0 Å². The second-order valence-electron chi connectivity index (χ2n) is 5.54. The Hall–Kier alpha value is -3.35. The van der Waals surface area contributed by atoms with E-state index in [1.54, 1.807) is 42.5 Å². The first-order valence-corrected chi connectivity index (χ1v) is 7.84. The number of esters is 1. The molecule has 2 N–H and O–H groups in total. The minimum Gasteiger partial charge on any atom is -0.493 e. The maximum absolute atomic E-state index is 12.2. The molecule has 0 aliphatic carbocycles. The van der Waals surface area contributed by atoms with Crippen LogP contribution in [0.25, 0.3) is 0 Å². The van der Waals surface area contributed by atoms with Crippen LogP contribution >= 0.6 is 0 Å². The quantitative estimate of drug-likeness (QED) is 0.581. The Morgan fingerprint density at radius 3 is 2.35 bits per heavy atom. The van der Waals surface area contributed by atoms with Gasteiger partial charge in [-0.05, 0) is 29.8 Å². The predicted octanol–water partition coefficient (Wildman–Crippen LogP) is 2.05. The van der Waals surface area contributed by atoms with Crippen molar-refractivity contribution in [1.29, 1.82) is 0 Å². The van der Waals surface area contributed by atoms with Gasteiger partial charge in [0.15, 0.2) is 11.5 Å². The molecule has 0 saturated heterocycles. The van der Waals surface area contributed by atoms with Gasteiger partial charge in [-0.1, -0.05) is 24.3 Å². The highest BCUT2D eigenvalue weighted by Crippen LogP contribution is 2.29. The second kappa shape index (κ2) is 8.66. The zero-order chi connectivity index (χ0) is 19.1. The number of hydrogen-bond donors (Lipinski definition) is 2. The summed E-state index contributed by atoms with van der Waals surface area (Å²) in [6, 6.07) is 12.2. The molecular weight excluding hydrogens is 338 g/mol. The summed E-state index contributed by atoms with van der Waals surface area (Å²) in [5.41, 5.74) is 1.01. The highest BCUT2D eigenvalue weighted by Gasteiger charge is 2.20. The average Bonchev–Trinajstić information content (AvgIpc) is 2.62. The largest absolute Gasteiger partial charge is 0.493 e. The van der Waals surface area contributed by atoms with Crippen molar-refractivity contribution >= 4 is 17.8 Å². The molecule has 0 unspecified atom stereocenters. The first-order chi connectivity index (χ1) is 12.4. The van der Waals surface area contributed by atoms with E-state index in [9.17, 15) is 19.5 Å². The molecule has 0 aromatic heterocycles. The number of benzene rings is 2. The molecule has 0 radical (unpaired) electrons. The van der Waals surface area contributed by atoms with Gasteiger partial charge in [0, 0.05) is 13.3 Å². The summed E-state index contributed by atoms with van der Waals surface area (Å²) in [6.07, 6.45) is 0.0676. The number of carbonyl (C=O) groups excluding carboxylic acids is 2. The molecule has 26 heavy (non-hydrogen) atoms. The summed E-state index contributed by atoms with van der Waals surface area (Å²) in [6.45, 7) is 1.25. The number of amides is 1. The van der Waals surface area contributed by atoms with Crippen molar-refractivity contribution in [3.05, 3.63) is 59.7 Å². The molecule has 2 aromatic carbocycles. The molecule has 2 aromatic rings. The lowest BCUT2D eigenvalue weighted by molar-refractivity contribution is -0.141. The van der Waals surface area contributed by atoms with Crippen LogP contribution in [-0.2, 0) is 16.0 Å². The molecule has 7 heteroatoms. The smallest absolute Gasteiger partial charge is 0.343 e. The van der Waals surface area contributed by atoms with Crippen molar-refractivity contribution in [2.45, 2.75) is 19.4 Å². The molecule has 0 saturated carbocycles. The number of nitrogens with one attached hydrogen (secondary N) is 1. The van der Waals surface area contributed by atoms with Crippen LogP contribution in [0.15, 0.2) is 48.5 Å². The van der Waals surface area contributed by atoms with Crippen LogP contribution in [0.4, 0.5) is 0 Å². The fourth-order valence-electron chi connectivity index (χ4n) is 2.34. The predicted molar refractivity (Wildman–Crippen MR) is 93.3 cm³/mol. The molecule has 0 fully saturated rings. The molecule has 0 heterocycles. The first kappa shape index (κ1) is 19.0. The summed E-state index contributed by atoms with van der Waals surface area (Å²) in [5.74, 6) is -1.59. The molecule has 1 atom stereocenters. The average molecular weight is 357 g/mol. The van der Waals surface area contributed by atoms with Gasteiger partial charge >= 0.3 is 11.9 Å². The second-order valence-corrected chi connectivity index (χ2v) is 5.54. The van der Waals surface area contributed by atoms with Gasteiger partial charge in [-0.2, -0.15) is 0 Å². The van der Waals surface area contributed by atoms with E-state index in [1.807, 2.05) is 0 Å². The topological polar surface area (TPSA) is 102 Å². The van der Waals surface area contributed by atoms with Crippen LogP contribution in [0.2, 0.25) is 0 Å². The number of carbonyl (C=O) groups is 3. The molecule has 7 nitrogen and oxygen atoms in total. The highest BCUT2D eigenvalue weighted by atomic mass is 16.6. The maximum atomic E-state index is 12.2. The first-order valence-electron chi connectivity index (χ1n) is 7.84. The number of aliphatic carboxylic acids is 1. The number of ether oxygens (including phenoxy) is 2. The third kappa shape index (κ3) is 5.07. The molecule has 0 aliphatic heterocycles. The maximum Gasteiger partial charge on any atom is 0.343 e. The molecule has 136 valence electrons. The van der Waals surface area contributed by atoms with E-state index in [0.717, 1.165) is 0 Å². The lowest BCUT2D eigenvalue weighted by Crippen LogP contribution is -2.41. The fourth-order valence-corrected chi connectivity index (χ4v) is 2.34. The lowest BCUT2D eigenvalue weighted by Gasteiger charge is -2.15. The SMILES string of the molecule is COc1cc(C[C@H](NC(C)=O)C(=O)O)ccc1OC(=O)c1ccccc1. The van der Waals surface area contributed by atoms with Gasteiger partial charge in [0.2, 0.25) is 5.91 Å². The van der Waals surface area contributed by atoms with Crippen LogP contribution in [0.3, 0.4) is 0 Å². The number of methoxy groups -OCH3 is 1. The normalized spacial score (nSPS) is 11.3. The van der Waals surface area contributed by atoms with Gasteiger partial charge in [0.25, 0.3) is 0 Å². The minimum absolute atomic E-state index is 0.0676. The van der Waals surface area contributed by atoms with Crippen molar-refractivity contribution < 1.29 is 29.0 Å². The Balaban J connectivity index is 2.17. The zero-order valence-electron chi connectivity index (χ0n) is 14.4. The third-order valence-corrected chi connectivity index (χ3v) is 3.56. The van der Waals surface area contributed by atoms with Crippen molar-refractivity contribution in [2.24, 2.45) is 0 Å². The summed E-state index contributed by atoms with van der Waals surface area (Å²) in [7, 11) is 1.42. The molecule has 0 aliphatic rings. The summed E-state index contributed by atoms with van der Waals surface area (Å²) in [5, 5.41) is 11.6. The number of carboxylic acids is 1. The van der Waals surface area contributed by atoms with Crippen molar-refractivity contribution in [2.75, 3.05) is 7.11 Å². The molecule has 2 rings (SSSR count).